The first-order chi connectivity index (χ1) is 15.7. The van der Waals surface area contributed by atoms with Gasteiger partial charge in [0.1, 0.15) is 18.1 Å². The van der Waals surface area contributed by atoms with E-state index < -0.39 is 5.97 Å². The Kier molecular flexibility index (Phi) is 7.01. The molecule has 0 amide bonds. The lowest BCUT2D eigenvalue weighted by Gasteiger charge is -2.16. The van der Waals surface area contributed by atoms with Crippen LogP contribution in [-0.2, 0) is 9.47 Å². The Morgan fingerprint density at radius 1 is 1.09 bits per heavy atom. The van der Waals surface area contributed by atoms with E-state index in [4.69, 9.17) is 18.9 Å². The molecule has 1 aliphatic heterocycles. The summed E-state index contributed by atoms with van der Waals surface area (Å²) in [4.78, 5) is 22.1. The number of benzene rings is 2. The smallest absolute Gasteiger partial charge is 0.360 e. The molecular weight excluding hydrogens is 410 g/mol. The van der Waals surface area contributed by atoms with E-state index in [1.165, 1.54) is 0 Å². The predicted molar refractivity (Wildman–Crippen MR) is 121 cm³/mol. The van der Waals surface area contributed by atoms with E-state index in [9.17, 15) is 4.79 Å². The zero-order chi connectivity index (χ0) is 22.3. The summed E-state index contributed by atoms with van der Waals surface area (Å²) in [5.41, 5.74) is 1.99. The molecule has 168 valence electrons. The van der Waals surface area contributed by atoms with Gasteiger partial charge in [0.25, 0.3) is 0 Å². The summed E-state index contributed by atoms with van der Waals surface area (Å²) >= 11 is 0. The van der Waals surface area contributed by atoms with Gasteiger partial charge in [0.15, 0.2) is 11.5 Å². The van der Waals surface area contributed by atoms with Crippen molar-refractivity contribution in [3.63, 3.8) is 0 Å². The number of nitrogens with zero attached hydrogens (tertiary/aromatic N) is 2. The quantitative estimate of drug-likeness (QED) is 0.489. The SMILES string of the molecule is CCOc1ccc(OCC)c(Nc2nc3ccccc3nc2C(=O)OCC2CCCO2)c1. The summed E-state index contributed by atoms with van der Waals surface area (Å²) in [7, 11) is 0. The normalized spacial score (nSPS) is 15.5. The number of para-hydroxylation sites is 2. The molecule has 0 saturated carbocycles. The number of esters is 1. The fourth-order valence-corrected chi connectivity index (χ4v) is 3.51. The van der Waals surface area contributed by atoms with Gasteiger partial charge >= 0.3 is 5.97 Å². The Balaban J connectivity index is 1.68. The van der Waals surface area contributed by atoms with Crippen LogP contribution in [0.3, 0.4) is 0 Å². The van der Waals surface area contributed by atoms with Gasteiger partial charge in [-0.05, 0) is 51.0 Å². The third-order valence-corrected chi connectivity index (χ3v) is 5.00. The van der Waals surface area contributed by atoms with E-state index in [0.29, 0.717) is 48.0 Å². The fraction of sp³-hybridized carbons (Fsp3) is 0.375. The Bertz CT molecular complexity index is 1080. The van der Waals surface area contributed by atoms with Crippen molar-refractivity contribution in [3.8, 4) is 11.5 Å². The molecule has 4 rings (SSSR count). The van der Waals surface area contributed by atoms with Crippen LogP contribution in [-0.4, -0.2) is 48.5 Å². The van der Waals surface area contributed by atoms with Gasteiger partial charge in [-0.15, -0.1) is 0 Å². The molecule has 0 radical (unpaired) electrons. The van der Waals surface area contributed by atoms with Crippen LogP contribution < -0.4 is 14.8 Å². The molecule has 1 saturated heterocycles. The third-order valence-electron chi connectivity index (χ3n) is 5.00. The lowest BCUT2D eigenvalue weighted by molar-refractivity contribution is 0.0157. The first-order valence-corrected chi connectivity index (χ1v) is 10.9. The summed E-state index contributed by atoms with van der Waals surface area (Å²) in [5, 5.41) is 3.22. The van der Waals surface area contributed by atoms with Crippen LogP contribution in [0.4, 0.5) is 11.5 Å². The molecule has 8 nitrogen and oxygen atoms in total. The van der Waals surface area contributed by atoms with Crippen molar-refractivity contribution < 1.29 is 23.7 Å². The molecule has 8 heteroatoms. The van der Waals surface area contributed by atoms with E-state index in [-0.39, 0.29) is 24.2 Å². The molecular formula is C24H27N3O5. The third kappa shape index (κ3) is 5.08. The summed E-state index contributed by atoms with van der Waals surface area (Å²) in [5.74, 6) is 1.02. The first kappa shape index (κ1) is 21.8. The Labute approximate surface area is 186 Å². The lowest BCUT2D eigenvalue weighted by Crippen LogP contribution is -2.20. The summed E-state index contributed by atoms with van der Waals surface area (Å²) in [6.07, 6.45) is 1.78. The van der Waals surface area contributed by atoms with Crippen LogP contribution in [0, 0.1) is 0 Å². The molecule has 1 aliphatic rings. The van der Waals surface area contributed by atoms with Crippen molar-refractivity contribution in [1.29, 1.82) is 0 Å². The summed E-state index contributed by atoms with van der Waals surface area (Å²) < 4.78 is 22.4. The summed E-state index contributed by atoms with van der Waals surface area (Å²) in [6, 6.07) is 12.8. The number of aromatic nitrogens is 2. The zero-order valence-electron chi connectivity index (χ0n) is 18.3. The number of carbonyl (C=O) groups is 1. The number of rotatable bonds is 9. The number of carbonyl (C=O) groups excluding carboxylic acids is 1. The second kappa shape index (κ2) is 10.3. The molecule has 0 aliphatic carbocycles. The number of anilines is 2. The Hall–Kier alpha value is -3.39. The average molecular weight is 437 g/mol. The maximum Gasteiger partial charge on any atom is 0.360 e. The average Bonchev–Trinajstić information content (AvgIpc) is 3.33. The Morgan fingerprint density at radius 3 is 2.59 bits per heavy atom. The van der Waals surface area contributed by atoms with E-state index in [1.54, 1.807) is 0 Å². The van der Waals surface area contributed by atoms with Crippen molar-refractivity contribution in [1.82, 2.24) is 9.97 Å². The first-order valence-electron chi connectivity index (χ1n) is 10.9. The minimum absolute atomic E-state index is 0.0730. The molecule has 1 atom stereocenters. The molecule has 1 fully saturated rings. The largest absolute Gasteiger partial charge is 0.494 e. The van der Waals surface area contributed by atoms with Gasteiger partial charge in [-0.1, -0.05) is 12.1 Å². The van der Waals surface area contributed by atoms with Gasteiger partial charge in [-0.25, -0.2) is 14.8 Å². The highest BCUT2D eigenvalue weighted by atomic mass is 16.6. The molecule has 32 heavy (non-hydrogen) atoms. The van der Waals surface area contributed by atoms with Crippen molar-refractivity contribution >= 4 is 28.5 Å². The maximum absolute atomic E-state index is 13.0. The van der Waals surface area contributed by atoms with Gasteiger partial charge in [-0.2, -0.15) is 0 Å². The van der Waals surface area contributed by atoms with Crippen molar-refractivity contribution in [2.45, 2.75) is 32.8 Å². The molecule has 1 N–H and O–H groups in total. The number of fused-ring (bicyclic) bond motifs is 1. The highest BCUT2D eigenvalue weighted by Gasteiger charge is 2.23. The van der Waals surface area contributed by atoms with E-state index in [2.05, 4.69) is 15.3 Å². The number of hydrogen-bond acceptors (Lipinski definition) is 8. The molecule has 1 unspecified atom stereocenters. The second-order valence-corrected chi connectivity index (χ2v) is 7.29. The monoisotopic (exact) mass is 437 g/mol. The van der Waals surface area contributed by atoms with Crippen molar-refractivity contribution in [2.75, 3.05) is 31.7 Å². The predicted octanol–water partition coefficient (Wildman–Crippen LogP) is 4.51. The number of ether oxygens (including phenoxy) is 4. The van der Waals surface area contributed by atoms with Crippen molar-refractivity contribution in [2.24, 2.45) is 0 Å². The molecule has 1 aromatic heterocycles. The fourth-order valence-electron chi connectivity index (χ4n) is 3.51. The van der Waals surface area contributed by atoms with Gasteiger partial charge in [0.05, 0.1) is 36.0 Å². The van der Waals surface area contributed by atoms with E-state index >= 15 is 0 Å². The van der Waals surface area contributed by atoms with Crippen LogP contribution in [0.5, 0.6) is 11.5 Å². The van der Waals surface area contributed by atoms with Crippen molar-refractivity contribution in [3.05, 3.63) is 48.2 Å². The van der Waals surface area contributed by atoms with Gasteiger partial charge in [0.2, 0.25) is 0 Å². The standard InChI is InChI=1S/C24H27N3O5/c1-3-29-16-11-12-21(30-4-2)20(14-16)27-23-22(24(28)32-15-17-8-7-13-31-17)25-18-9-5-6-10-19(18)26-23/h5-6,9-12,14,17H,3-4,7-8,13,15H2,1-2H3,(H,26,27). The highest BCUT2D eigenvalue weighted by molar-refractivity contribution is 5.96. The lowest BCUT2D eigenvalue weighted by atomic mass is 10.2. The van der Waals surface area contributed by atoms with E-state index in [0.717, 1.165) is 12.8 Å². The van der Waals surface area contributed by atoms with Gasteiger partial charge in [0, 0.05) is 12.7 Å². The summed E-state index contributed by atoms with van der Waals surface area (Å²) in [6.45, 7) is 5.73. The maximum atomic E-state index is 13.0. The van der Waals surface area contributed by atoms with E-state index in [1.807, 2.05) is 56.3 Å². The Morgan fingerprint density at radius 2 is 1.88 bits per heavy atom. The zero-order valence-corrected chi connectivity index (χ0v) is 18.3. The molecule has 0 bridgehead atoms. The minimum atomic E-state index is -0.555. The number of hydrogen-bond donors (Lipinski definition) is 1. The topological polar surface area (TPSA) is 91.8 Å². The highest BCUT2D eigenvalue weighted by Crippen LogP contribution is 2.33. The van der Waals surface area contributed by atoms with Gasteiger partial charge < -0.3 is 24.3 Å². The minimum Gasteiger partial charge on any atom is -0.494 e. The van der Waals surface area contributed by atoms with Crippen LogP contribution in [0.2, 0.25) is 0 Å². The molecule has 2 aromatic carbocycles. The molecule has 3 aromatic rings. The van der Waals surface area contributed by atoms with Crippen LogP contribution >= 0.6 is 0 Å². The van der Waals surface area contributed by atoms with Crippen LogP contribution in [0.1, 0.15) is 37.2 Å². The molecule has 2 heterocycles. The second-order valence-electron chi connectivity index (χ2n) is 7.29. The molecule has 0 spiro atoms. The van der Waals surface area contributed by atoms with Crippen LogP contribution in [0.25, 0.3) is 11.0 Å². The number of nitrogens with one attached hydrogen (secondary N) is 1. The van der Waals surface area contributed by atoms with Gasteiger partial charge in [-0.3, -0.25) is 0 Å². The van der Waals surface area contributed by atoms with Crippen LogP contribution in [0.15, 0.2) is 42.5 Å².